The first-order valence-corrected chi connectivity index (χ1v) is 10.6. The summed E-state index contributed by atoms with van der Waals surface area (Å²) in [5, 5.41) is 3.33. The zero-order chi connectivity index (χ0) is 22.0. The molecule has 5 heteroatoms. The average molecular weight is 418 g/mol. The molecule has 1 atom stereocenters. The number of methoxy groups -OCH3 is 1. The number of esters is 1. The molecule has 0 radical (unpaired) electrons. The van der Waals surface area contributed by atoms with Gasteiger partial charge in [-0.05, 0) is 49.9 Å². The summed E-state index contributed by atoms with van der Waals surface area (Å²) in [7, 11) is 1.61. The molecule has 0 unspecified atom stereocenters. The van der Waals surface area contributed by atoms with Crippen molar-refractivity contribution < 1.29 is 19.1 Å². The van der Waals surface area contributed by atoms with Gasteiger partial charge in [-0.3, -0.25) is 4.79 Å². The maximum Gasteiger partial charge on any atom is 0.337 e. The second-order valence-corrected chi connectivity index (χ2v) is 8.10. The Morgan fingerprint density at radius 1 is 1.10 bits per heavy atom. The summed E-state index contributed by atoms with van der Waals surface area (Å²) >= 11 is 0. The Balaban J connectivity index is 1.66. The van der Waals surface area contributed by atoms with Crippen LogP contribution in [0.25, 0.3) is 0 Å². The number of carbonyl (C=O) groups is 2. The first-order chi connectivity index (χ1) is 15.0. The van der Waals surface area contributed by atoms with Gasteiger partial charge >= 0.3 is 5.97 Å². The number of ether oxygens (including phenoxy) is 2. The van der Waals surface area contributed by atoms with E-state index in [4.69, 9.17) is 9.47 Å². The van der Waals surface area contributed by atoms with Crippen LogP contribution in [0, 0.1) is 6.92 Å². The molecule has 160 valence electrons. The van der Waals surface area contributed by atoms with Crippen molar-refractivity contribution in [3.63, 3.8) is 0 Å². The van der Waals surface area contributed by atoms with Crippen LogP contribution < -0.4 is 10.1 Å². The van der Waals surface area contributed by atoms with Crippen LogP contribution in [0.5, 0.6) is 5.75 Å². The number of allylic oxidation sites excluding steroid dienone is 3. The van der Waals surface area contributed by atoms with Crippen LogP contribution in [0.4, 0.5) is 0 Å². The molecule has 4 rings (SSSR count). The van der Waals surface area contributed by atoms with Crippen molar-refractivity contribution in [2.75, 3.05) is 7.11 Å². The maximum absolute atomic E-state index is 13.3. The third-order valence-corrected chi connectivity index (χ3v) is 5.90. The summed E-state index contributed by atoms with van der Waals surface area (Å²) < 4.78 is 10.9. The van der Waals surface area contributed by atoms with Gasteiger partial charge in [0.2, 0.25) is 0 Å². The van der Waals surface area contributed by atoms with Gasteiger partial charge < -0.3 is 14.8 Å². The molecule has 1 heterocycles. The van der Waals surface area contributed by atoms with Crippen molar-refractivity contribution in [2.24, 2.45) is 0 Å². The average Bonchev–Trinajstić information content (AvgIpc) is 2.77. The van der Waals surface area contributed by atoms with Crippen LogP contribution in [-0.4, -0.2) is 18.9 Å². The van der Waals surface area contributed by atoms with Crippen molar-refractivity contribution in [1.29, 1.82) is 0 Å². The highest BCUT2D eigenvalue weighted by molar-refractivity contribution is 6.03. The number of nitrogens with one attached hydrogen (secondary N) is 1. The third-order valence-electron chi connectivity index (χ3n) is 5.90. The van der Waals surface area contributed by atoms with Gasteiger partial charge in [-0.1, -0.05) is 42.0 Å². The standard InChI is InChI=1S/C26H27NO4/c1-16-6-4-7-19(14-16)24-23(17(2)27-21-8-5-9-22(28)25(21)24)26(29)31-15-18-10-12-20(30-3)13-11-18/h4,6-7,10-14,24,27H,5,8-9,15H2,1-3H3/t24-/m0/s1. The second-order valence-electron chi connectivity index (χ2n) is 8.10. The lowest BCUT2D eigenvalue weighted by molar-refractivity contribution is -0.140. The SMILES string of the molecule is COc1ccc(COC(=O)C2=C(C)NC3=C(C(=O)CCC3)[C@H]2c2cccc(C)c2)cc1. The molecule has 1 N–H and O–H groups in total. The van der Waals surface area contributed by atoms with Crippen molar-refractivity contribution >= 4 is 11.8 Å². The van der Waals surface area contributed by atoms with Gasteiger partial charge in [-0.2, -0.15) is 0 Å². The van der Waals surface area contributed by atoms with Gasteiger partial charge in [0.05, 0.1) is 12.7 Å². The number of aryl methyl sites for hydroxylation is 1. The Bertz CT molecular complexity index is 1080. The monoisotopic (exact) mass is 417 g/mol. The minimum Gasteiger partial charge on any atom is -0.497 e. The predicted octanol–water partition coefficient (Wildman–Crippen LogP) is 4.71. The molecule has 0 saturated heterocycles. The molecule has 0 aromatic heterocycles. The molecular formula is C26H27NO4. The van der Waals surface area contributed by atoms with E-state index in [0.29, 0.717) is 17.6 Å². The van der Waals surface area contributed by atoms with E-state index in [1.807, 2.05) is 62.4 Å². The molecule has 1 aliphatic heterocycles. The number of dihydropyridines is 1. The minimum atomic E-state index is -0.410. The Morgan fingerprint density at radius 2 is 1.87 bits per heavy atom. The Hall–Kier alpha value is -3.34. The molecule has 0 fully saturated rings. The van der Waals surface area contributed by atoms with Gasteiger partial charge in [0.25, 0.3) is 0 Å². The normalized spacial score (nSPS) is 18.4. The molecule has 31 heavy (non-hydrogen) atoms. The Kier molecular flexibility index (Phi) is 5.94. The smallest absolute Gasteiger partial charge is 0.337 e. The quantitative estimate of drug-likeness (QED) is 0.714. The predicted molar refractivity (Wildman–Crippen MR) is 118 cm³/mol. The summed E-state index contributed by atoms with van der Waals surface area (Å²) in [4.78, 5) is 26.2. The lowest BCUT2D eigenvalue weighted by Gasteiger charge is -2.34. The molecule has 0 spiro atoms. The van der Waals surface area contributed by atoms with E-state index >= 15 is 0 Å². The Labute approximate surface area is 182 Å². The summed E-state index contributed by atoms with van der Waals surface area (Å²) in [5.74, 6) is 0.0395. The number of hydrogen-bond acceptors (Lipinski definition) is 5. The zero-order valence-corrected chi connectivity index (χ0v) is 18.2. The molecule has 0 bridgehead atoms. The highest BCUT2D eigenvalue weighted by Gasteiger charge is 2.39. The van der Waals surface area contributed by atoms with Crippen LogP contribution in [-0.2, 0) is 20.9 Å². The number of hydrogen-bond donors (Lipinski definition) is 1. The molecule has 2 aromatic rings. The molecule has 0 amide bonds. The number of rotatable bonds is 5. The van der Waals surface area contributed by atoms with Crippen LogP contribution in [0.1, 0.15) is 48.8 Å². The number of Topliss-reactive ketones (excluding diaryl/α,β-unsaturated/α-hetero) is 1. The van der Waals surface area contributed by atoms with E-state index in [2.05, 4.69) is 5.32 Å². The topological polar surface area (TPSA) is 64.6 Å². The molecule has 1 aliphatic carbocycles. The largest absolute Gasteiger partial charge is 0.497 e. The highest BCUT2D eigenvalue weighted by Crippen LogP contribution is 2.42. The first kappa shape index (κ1) is 20.9. The van der Waals surface area contributed by atoms with E-state index in [1.165, 1.54) is 0 Å². The minimum absolute atomic E-state index is 0.105. The van der Waals surface area contributed by atoms with Gasteiger partial charge in [0.15, 0.2) is 5.78 Å². The third kappa shape index (κ3) is 4.26. The molecule has 2 aliphatic rings. The fourth-order valence-electron chi connectivity index (χ4n) is 4.39. The van der Waals surface area contributed by atoms with Crippen LogP contribution in [0.3, 0.4) is 0 Å². The maximum atomic E-state index is 13.3. The highest BCUT2D eigenvalue weighted by atomic mass is 16.5. The molecule has 0 saturated carbocycles. The fourth-order valence-corrected chi connectivity index (χ4v) is 4.39. The van der Waals surface area contributed by atoms with Gasteiger partial charge in [-0.25, -0.2) is 4.79 Å². The lowest BCUT2D eigenvalue weighted by Crippen LogP contribution is -2.34. The lowest BCUT2D eigenvalue weighted by atomic mass is 9.75. The fraction of sp³-hybridized carbons (Fsp3) is 0.308. The van der Waals surface area contributed by atoms with Crippen LogP contribution in [0.15, 0.2) is 71.1 Å². The van der Waals surface area contributed by atoms with E-state index < -0.39 is 11.9 Å². The summed E-state index contributed by atoms with van der Waals surface area (Å²) in [5.41, 5.74) is 5.81. The summed E-state index contributed by atoms with van der Waals surface area (Å²) in [6.45, 7) is 4.05. The first-order valence-electron chi connectivity index (χ1n) is 10.6. The Morgan fingerprint density at radius 3 is 2.58 bits per heavy atom. The van der Waals surface area contributed by atoms with E-state index in [1.54, 1.807) is 7.11 Å². The van der Waals surface area contributed by atoms with Crippen molar-refractivity contribution in [3.05, 3.63) is 87.8 Å². The number of ketones is 1. The van der Waals surface area contributed by atoms with Gasteiger partial charge in [0.1, 0.15) is 12.4 Å². The van der Waals surface area contributed by atoms with Gasteiger partial charge in [-0.15, -0.1) is 0 Å². The molecule has 5 nitrogen and oxygen atoms in total. The van der Waals surface area contributed by atoms with Gasteiger partial charge in [0, 0.05) is 29.3 Å². The van der Waals surface area contributed by atoms with Crippen molar-refractivity contribution in [3.8, 4) is 5.75 Å². The summed E-state index contributed by atoms with van der Waals surface area (Å²) in [6.07, 6.45) is 2.15. The van der Waals surface area contributed by atoms with E-state index in [0.717, 1.165) is 46.7 Å². The van der Waals surface area contributed by atoms with Crippen molar-refractivity contribution in [1.82, 2.24) is 5.32 Å². The molecule has 2 aromatic carbocycles. The summed E-state index contributed by atoms with van der Waals surface area (Å²) in [6, 6.07) is 15.4. The van der Waals surface area contributed by atoms with Crippen LogP contribution >= 0.6 is 0 Å². The van der Waals surface area contributed by atoms with Crippen molar-refractivity contribution in [2.45, 2.75) is 45.6 Å². The number of carbonyl (C=O) groups excluding carboxylic acids is 2. The number of benzene rings is 2. The van der Waals surface area contributed by atoms with E-state index in [-0.39, 0.29) is 12.4 Å². The molecular weight excluding hydrogens is 390 g/mol. The van der Waals surface area contributed by atoms with Crippen LogP contribution in [0.2, 0.25) is 0 Å². The second kappa shape index (κ2) is 8.80. The zero-order valence-electron chi connectivity index (χ0n) is 18.2. The van der Waals surface area contributed by atoms with E-state index in [9.17, 15) is 9.59 Å².